The summed E-state index contributed by atoms with van der Waals surface area (Å²) in [5.41, 5.74) is 0.561. The summed E-state index contributed by atoms with van der Waals surface area (Å²) < 4.78 is 33.7. The number of nitro groups is 1. The van der Waals surface area contributed by atoms with E-state index >= 15 is 0 Å². The number of methoxy groups -OCH3 is 1. The highest BCUT2D eigenvalue weighted by Gasteiger charge is 2.33. The van der Waals surface area contributed by atoms with Crippen LogP contribution in [0.25, 0.3) is 0 Å². The number of hydrogen-bond acceptors (Lipinski definition) is 7. The third-order valence-corrected chi connectivity index (χ3v) is 8.19. The molecule has 0 radical (unpaired) electrons. The van der Waals surface area contributed by atoms with E-state index < -0.39 is 33.4 Å². The zero-order valence-electron chi connectivity index (χ0n) is 23.2. The lowest BCUT2D eigenvalue weighted by Crippen LogP contribution is -2.52. The van der Waals surface area contributed by atoms with Gasteiger partial charge in [0.05, 0.1) is 22.6 Å². The minimum absolute atomic E-state index is 0.0420. The summed E-state index contributed by atoms with van der Waals surface area (Å²) in [5, 5.41) is 14.0. The molecule has 0 bridgehead atoms. The fourth-order valence-electron chi connectivity index (χ4n) is 4.20. The number of carbonyl (C=O) groups is 2. The molecule has 3 aromatic rings. The summed E-state index contributed by atoms with van der Waals surface area (Å²) in [4.78, 5) is 39.0. The number of ether oxygens (including phenoxy) is 1. The van der Waals surface area contributed by atoms with E-state index in [0.29, 0.717) is 30.7 Å². The van der Waals surface area contributed by atoms with Crippen LogP contribution < -0.4 is 14.4 Å². The minimum atomic E-state index is -4.27. The molecule has 3 aromatic carbocycles. The molecule has 11 nitrogen and oxygen atoms in total. The summed E-state index contributed by atoms with van der Waals surface area (Å²) in [7, 11) is -2.73. The lowest BCUT2D eigenvalue weighted by Gasteiger charge is -2.33. The van der Waals surface area contributed by atoms with E-state index in [1.54, 1.807) is 49.4 Å². The van der Waals surface area contributed by atoms with Crippen molar-refractivity contribution in [2.24, 2.45) is 0 Å². The van der Waals surface area contributed by atoms with E-state index in [1.165, 1.54) is 48.4 Å². The van der Waals surface area contributed by atoms with Crippen LogP contribution in [0.5, 0.6) is 5.75 Å². The van der Waals surface area contributed by atoms with Crippen LogP contribution in [0, 0.1) is 10.1 Å². The van der Waals surface area contributed by atoms with E-state index in [9.17, 15) is 28.1 Å². The number of non-ortho nitro benzene ring substituents is 1. The van der Waals surface area contributed by atoms with Crippen LogP contribution in [0.2, 0.25) is 0 Å². The number of amides is 2. The van der Waals surface area contributed by atoms with Gasteiger partial charge in [-0.3, -0.25) is 24.0 Å². The molecule has 218 valence electrons. The minimum Gasteiger partial charge on any atom is -0.497 e. The Labute approximate surface area is 239 Å². The van der Waals surface area contributed by atoms with Gasteiger partial charge in [0.1, 0.15) is 18.3 Å². The smallest absolute Gasteiger partial charge is 0.269 e. The van der Waals surface area contributed by atoms with Crippen LogP contribution in [0.4, 0.5) is 11.4 Å². The molecule has 41 heavy (non-hydrogen) atoms. The summed E-state index contributed by atoms with van der Waals surface area (Å²) in [6.07, 6.45) is 0.998. The number of carbonyl (C=O) groups excluding carboxylic acids is 2. The first-order chi connectivity index (χ1) is 19.6. The molecule has 2 amide bonds. The van der Waals surface area contributed by atoms with Gasteiger partial charge < -0.3 is 15.0 Å². The highest BCUT2D eigenvalue weighted by atomic mass is 32.2. The van der Waals surface area contributed by atoms with Crippen molar-refractivity contribution in [1.29, 1.82) is 0 Å². The molecule has 1 unspecified atom stereocenters. The SMILES string of the molecule is CCCNC(=O)C(CC)N(Cc1ccc(OC)cc1)C(=O)CN(c1ccc([N+](=O)[O-])cc1)S(=O)(=O)c1ccccc1. The third-order valence-electron chi connectivity index (χ3n) is 6.41. The molecule has 0 aromatic heterocycles. The van der Waals surface area contributed by atoms with Gasteiger partial charge in [-0.15, -0.1) is 0 Å². The van der Waals surface area contributed by atoms with Crippen molar-refractivity contribution in [3.63, 3.8) is 0 Å². The first kappa shape index (κ1) is 31.1. The van der Waals surface area contributed by atoms with Gasteiger partial charge in [-0.05, 0) is 54.8 Å². The quantitative estimate of drug-likeness (QED) is 0.223. The average molecular weight is 583 g/mol. The van der Waals surface area contributed by atoms with Crippen molar-refractivity contribution in [2.45, 2.75) is 44.2 Å². The fraction of sp³-hybridized carbons (Fsp3) is 0.310. The van der Waals surface area contributed by atoms with Crippen molar-refractivity contribution in [2.75, 3.05) is 24.5 Å². The summed E-state index contributed by atoms with van der Waals surface area (Å²) in [5.74, 6) is -0.334. The largest absolute Gasteiger partial charge is 0.497 e. The first-order valence-electron chi connectivity index (χ1n) is 13.1. The van der Waals surface area contributed by atoms with Crippen LogP contribution in [-0.4, -0.2) is 56.3 Å². The predicted molar refractivity (Wildman–Crippen MR) is 155 cm³/mol. The molecule has 0 spiro atoms. The van der Waals surface area contributed by atoms with Gasteiger partial charge in [0.2, 0.25) is 11.8 Å². The van der Waals surface area contributed by atoms with Crippen molar-refractivity contribution < 1.29 is 27.7 Å². The molecule has 0 aliphatic heterocycles. The Hall–Kier alpha value is -4.45. The zero-order chi connectivity index (χ0) is 30.0. The number of benzene rings is 3. The molecule has 0 saturated carbocycles. The molecule has 0 fully saturated rings. The number of sulfonamides is 1. The van der Waals surface area contributed by atoms with Crippen molar-refractivity contribution in [3.8, 4) is 5.75 Å². The molecule has 0 saturated heterocycles. The van der Waals surface area contributed by atoms with Crippen LogP contribution in [-0.2, 0) is 26.2 Å². The maximum absolute atomic E-state index is 14.0. The lowest BCUT2D eigenvalue weighted by atomic mass is 10.1. The maximum Gasteiger partial charge on any atom is 0.269 e. The normalized spacial score (nSPS) is 11.8. The molecule has 0 aliphatic rings. The van der Waals surface area contributed by atoms with Gasteiger partial charge in [-0.2, -0.15) is 0 Å². The Morgan fingerprint density at radius 1 is 0.976 bits per heavy atom. The summed E-state index contributed by atoms with van der Waals surface area (Å²) >= 11 is 0. The molecule has 1 atom stereocenters. The Bertz CT molecular complexity index is 1430. The standard InChI is InChI=1S/C29H34N4O7S/c1-4-19-30-29(35)27(5-2)31(20-22-11-17-25(40-3)18-12-22)28(34)21-32(23-13-15-24(16-14-23)33(36)37)41(38,39)26-9-7-6-8-10-26/h6-18,27H,4-5,19-21H2,1-3H3,(H,30,35). The second-order valence-electron chi connectivity index (χ2n) is 9.18. The predicted octanol–water partition coefficient (Wildman–Crippen LogP) is 4.13. The number of nitrogens with zero attached hydrogens (tertiary/aromatic N) is 3. The van der Waals surface area contributed by atoms with Gasteiger partial charge in [0, 0.05) is 25.2 Å². The summed E-state index contributed by atoms with van der Waals surface area (Å²) in [6, 6.07) is 18.6. The Morgan fingerprint density at radius 2 is 1.61 bits per heavy atom. The maximum atomic E-state index is 14.0. The first-order valence-corrected chi connectivity index (χ1v) is 14.6. The van der Waals surface area contributed by atoms with E-state index in [4.69, 9.17) is 4.74 Å². The lowest BCUT2D eigenvalue weighted by molar-refractivity contribution is -0.384. The van der Waals surface area contributed by atoms with Gasteiger partial charge in [0.15, 0.2) is 0 Å². The molecular formula is C29H34N4O7S. The van der Waals surface area contributed by atoms with E-state index in [-0.39, 0.29) is 28.7 Å². The highest BCUT2D eigenvalue weighted by Crippen LogP contribution is 2.27. The number of nitro benzene ring substituents is 1. The van der Waals surface area contributed by atoms with Gasteiger partial charge in [-0.25, -0.2) is 8.42 Å². The van der Waals surface area contributed by atoms with Crippen molar-refractivity contribution in [1.82, 2.24) is 10.2 Å². The Balaban J connectivity index is 2.05. The van der Waals surface area contributed by atoms with Crippen molar-refractivity contribution >= 4 is 33.2 Å². The monoisotopic (exact) mass is 582 g/mol. The fourth-order valence-corrected chi connectivity index (χ4v) is 5.64. The number of nitrogens with one attached hydrogen (secondary N) is 1. The van der Waals surface area contributed by atoms with Crippen LogP contribution in [0.1, 0.15) is 32.3 Å². The molecule has 3 rings (SSSR count). The Kier molecular flexibility index (Phi) is 10.8. The molecule has 0 heterocycles. The van der Waals surface area contributed by atoms with Crippen LogP contribution in [0.15, 0.2) is 83.8 Å². The summed E-state index contributed by atoms with van der Waals surface area (Å²) in [6.45, 7) is 3.53. The van der Waals surface area contributed by atoms with Gasteiger partial charge in [0.25, 0.3) is 15.7 Å². The number of rotatable bonds is 14. The van der Waals surface area contributed by atoms with Crippen LogP contribution >= 0.6 is 0 Å². The van der Waals surface area contributed by atoms with Crippen LogP contribution in [0.3, 0.4) is 0 Å². The third kappa shape index (κ3) is 7.82. The molecule has 0 aliphatic carbocycles. The molecule has 1 N–H and O–H groups in total. The number of anilines is 1. The van der Waals surface area contributed by atoms with Gasteiger partial charge >= 0.3 is 0 Å². The van der Waals surface area contributed by atoms with Crippen molar-refractivity contribution in [3.05, 3.63) is 94.5 Å². The second-order valence-corrected chi connectivity index (χ2v) is 11.0. The topological polar surface area (TPSA) is 139 Å². The number of hydrogen-bond donors (Lipinski definition) is 1. The average Bonchev–Trinajstić information content (AvgIpc) is 2.99. The Morgan fingerprint density at radius 3 is 2.15 bits per heavy atom. The van der Waals surface area contributed by atoms with E-state index in [2.05, 4.69) is 5.32 Å². The van der Waals surface area contributed by atoms with Gasteiger partial charge in [-0.1, -0.05) is 44.2 Å². The zero-order valence-corrected chi connectivity index (χ0v) is 24.0. The molecular weight excluding hydrogens is 548 g/mol. The molecule has 12 heteroatoms. The highest BCUT2D eigenvalue weighted by molar-refractivity contribution is 7.92. The second kappa shape index (κ2) is 14.3. The van der Waals surface area contributed by atoms with E-state index in [1.807, 2.05) is 6.92 Å². The van der Waals surface area contributed by atoms with E-state index in [0.717, 1.165) is 4.31 Å².